The summed E-state index contributed by atoms with van der Waals surface area (Å²) in [6.45, 7) is 10.4. The molecule has 0 radical (unpaired) electrons. The summed E-state index contributed by atoms with van der Waals surface area (Å²) in [6.07, 6.45) is 11.6. The number of aromatic nitrogens is 6. The minimum Gasteiger partial charge on any atom is -0.356 e. The van der Waals surface area contributed by atoms with Gasteiger partial charge in [-0.1, -0.05) is 12.7 Å². The zero-order valence-electron chi connectivity index (χ0n) is 18.9. The molecule has 164 valence electrons. The number of hydrogen-bond donors (Lipinski definition) is 2. The normalized spacial score (nSPS) is 15.8. The van der Waals surface area contributed by atoms with Crippen molar-refractivity contribution in [1.29, 1.82) is 0 Å². The third-order valence-corrected chi connectivity index (χ3v) is 6.43. The van der Waals surface area contributed by atoms with E-state index in [-0.39, 0.29) is 0 Å². The molecule has 7 nitrogen and oxygen atoms in total. The highest BCUT2D eigenvalue weighted by Gasteiger charge is 2.18. The van der Waals surface area contributed by atoms with E-state index >= 15 is 0 Å². The SMILES string of the molecule is C=C(/C=c1/c(-c2cc3c(N4CCCCC4)nccc3[nH]2)n[nH]/c1=C/C)c1cnc(C)n1C. The standard InChI is InChI=1S/C25H29N7/c1-5-20-18(13-16(2)23-15-27-17(3)31(23)4)24(30-29-20)22-14-19-21(28-22)9-10-26-25(19)32-11-7-6-8-12-32/h5,9-10,13-15,28-29H,2,6-8,11-12H2,1,3-4H3/b18-13+,20-5+. The molecule has 0 amide bonds. The van der Waals surface area contributed by atoms with Crippen LogP contribution in [0.4, 0.5) is 5.82 Å². The molecule has 0 atom stereocenters. The van der Waals surface area contributed by atoms with Gasteiger partial charge in [-0.05, 0) is 56.9 Å². The zero-order chi connectivity index (χ0) is 22.2. The number of aryl methyl sites for hydroxylation is 1. The van der Waals surface area contributed by atoms with Crippen LogP contribution in [0, 0.1) is 6.92 Å². The van der Waals surface area contributed by atoms with E-state index in [1.165, 1.54) is 19.3 Å². The van der Waals surface area contributed by atoms with Crippen LogP contribution in [-0.4, -0.2) is 42.8 Å². The second kappa shape index (κ2) is 8.15. The van der Waals surface area contributed by atoms with Gasteiger partial charge in [-0.25, -0.2) is 9.97 Å². The quantitative estimate of drug-likeness (QED) is 0.524. The molecule has 4 aromatic rings. The second-order valence-electron chi connectivity index (χ2n) is 8.43. The van der Waals surface area contributed by atoms with E-state index in [4.69, 9.17) is 4.98 Å². The molecule has 2 N–H and O–H groups in total. The minimum absolute atomic E-state index is 0.874. The predicted molar refractivity (Wildman–Crippen MR) is 131 cm³/mol. The summed E-state index contributed by atoms with van der Waals surface area (Å²) in [5.74, 6) is 2.01. The van der Waals surface area contributed by atoms with Crippen LogP contribution in [0.2, 0.25) is 0 Å². The van der Waals surface area contributed by atoms with Crippen LogP contribution in [0.5, 0.6) is 0 Å². The largest absolute Gasteiger partial charge is 0.356 e. The first-order valence-corrected chi connectivity index (χ1v) is 11.2. The molecular formula is C25H29N7. The van der Waals surface area contributed by atoms with E-state index in [9.17, 15) is 0 Å². The minimum atomic E-state index is 0.874. The molecule has 32 heavy (non-hydrogen) atoms. The third-order valence-electron chi connectivity index (χ3n) is 6.43. The van der Waals surface area contributed by atoms with Crippen LogP contribution >= 0.6 is 0 Å². The molecule has 0 spiro atoms. The van der Waals surface area contributed by atoms with Crippen LogP contribution < -0.4 is 15.5 Å². The van der Waals surface area contributed by atoms with E-state index < -0.39 is 0 Å². The first kappa shape index (κ1) is 20.3. The highest BCUT2D eigenvalue weighted by molar-refractivity contribution is 5.94. The van der Waals surface area contributed by atoms with E-state index in [1.54, 1.807) is 0 Å². The summed E-state index contributed by atoms with van der Waals surface area (Å²) < 4.78 is 2.05. The van der Waals surface area contributed by atoms with Crippen molar-refractivity contribution in [1.82, 2.24) is 29.7 Å². The maximum Gasteiger partial charge on any atom is 0.137 e. The Morgan fingerprint density at radius 2 is 2.00 bits per heavy atom. The Morgan fingerprint density at radius 1 is 1.19 bits per heavy atom. The number of imidazole rings is 1. The number of piperidine rings is 1. The Morgan fingerprint density at radius 3 is 2.72 bits per heavy atom. The number of H-pyrrole nitrogens is 2. The van der Waals surface area contributed by atoms with Crippen LogP contribution in [0.15, 0.2) is 31.1 Å². The molecule has 0 unspecified atom stereocenters. The second-order valence-corrected chi connectivity index (χ2v) is 8.43. The number of pyridine rings is 1. The van der Waals surface area contributed by atoms with Gasteiger partial charge in [0.05, 0.1) is 28.5 Å². The monoisotopic (exact) mass is 427 g/mol. The Balaban J connectivity index is 1.63. The van der Waals surface area contributed by atoms with Crippen molar-refractivity contribution in [3.05, 3.63) is 53.2 Å². The average Bonchev–Trinajstić information content (AvgIpc) is 3.51. The zero-order valence-corrected chi connectivity index (χ0v) is 18.9. The summed E-state index contributed by atoms with van der Waals surface area (Å²) in [5, 5.41) is 10.9. The first-order valence-electron chi connectivity index (χ1n) is 11.2. The van der Waals surface area contributed by atoms with Gasteiger partial charge in [0.2, 0.25) is 0 Å². The third kappa shape index (κ3) is 3.43. The molecule has 0 aliphatic carbocycles. The smallest absolute Gasteiger partial charge is 0.137 e. The lowest BCUT2D eigenvalue weighted by Crippen LogP contribution is -2.30. The van der Waals surface area contributed by atoms with Crippen molar-refractivity contribution in [3.8, 4) is 11.4 Å². The number of fused-ring (bicyclic) bond motifs is 1. The summed E-state index contributed by atoms with van der Waals surface area (Å²) >= 11 is 0. The van der Waals surface area contributed by atoms with Crippen LogP contribution in [0.1, 0.15) is 37.7 Å². The van der Waals surface area contributed by atoms with Crippen LogP contribution in [0.3, 0.4) is 0 Å². The van der Waals surface area contributed by atoms with Gasteiger partial charge in [0, 0.05) is 36.9 Å². The molecule has 0 aromatic carbocycles. The van der Waals surface area contributed by atoms with Crippen molar-refractivity contribution < 1.29 is 0 Å². The first-order chi connectivity index (χ1) is 15.6. The summed E-state index contributed by atoms with van der Waals surface area (Å²) in [4.78, 5) is 15.1. The summed E-state index contributed by atoms with van der Waals surface area (Å²) in [6, 6.07) is 4.21. The van der Waals surface area contributed by atoms with Gasteiger partial charge in [0.1, 0.15) is 17.3 Å². The van der Waals surface area contributed by atoms with Crippen molar-refractivity contribution in [2.24, 2.45) is 7.05 Å². The van der Waals surface area contributed by atoms with Gasteiger partial charge < -0.3 is 14.5 Å². The number of nitrogens with one attached hydrogen (secondary N) is 2. The Kier molecular flexibility index (Phi) is 5.17. The van der Waals surface area contributed by atoms with Gasteiger partial charge in [0.15, 0.2) is 0 Å². The average molecular weight is 428 g/mol. The highest BCUT2D eigenvalue weighted by atomic mass is 15.2. The number of rotatable bonds is 4. The fourth-order valence-electron chi connectivity index (χ4n) is 4.51. The number of nitrogens with zero attached hydrogens (tertiary/aromatic N) is 5. The topological polar surface area (TPSA) is 78.4 Å². The van der Waals surface area contributed by atoms with Gasteiger partial charge in [-0.2, -0.15) is 5.10 Å². The highest BCUT2D eigenvalue weighted by Crippen LogP contribution is 2.29. The Labute approximate surface area is 187 Å². The number of anilines is 1. The van der Waals surface area contributed by atoms with E-state index in [2.05, 4.69) is 43.8 Å². The van der Waals surface area contributed by atoms with Gasteiger partial charge in [-0.15, -0.1) is 0 Å². The van der Waals surface area contributed by atoms with Crippen molar-refractivity contribution in [2.75, 3.05) is 18.0 Å². The Hall–Kier alpha value is -3.61. The van der Waals surface area contributed by atoms with Gasteiger partial charge in [-0.3, -0.25) is 5.10 Å². The molecule has 0 bridgehead atoms. The van der Waals surface area contributed by atoms with E-state index in [1.807, 2.05) is 50.0 Å². The van der Waals surface area contributed by atoms with Crippen molar-refractivity contribution in [2.45, 2.75) is 33.1 Å². The lowest BCUT2D eigenvalue weighted by Gasteiger charge is -2.28. The molecule has 5 rings (SSSR count). The van der Waals surface area contributed by atoms with E-state index in [0.717, 1.165) is 68.9 Å². The molecule has 0 saturated carbocycles. The number of aromatic amines is 2. The van der Waals surface area contributed by atoms with Crippen molar-refractivity contribution >= 4 is 34.4 Å². The fourth-order valence-corrected chi connectivity index (χ4v) is 4.51. The summed E-state index contributed by atoms with van der Waals surface area (Å²) in [5.41, 5.74) is 4.80. The molecule has 4 aromatic heterocycles. The fraction of sp³-hybridized carbons (Fsp3) is 0.320. The molecule has 7 heteroatoms. The molecule has 1 fully saturated rings. The molecule has 1 aliphatic heterocycles. The number of allylic oxidation sites excluding steroid dienone is 1. The molecule has 5 heterocycles. The van der Waals surface area contributed by atoms with Gasteiger partial charge >= 0.3 is 0 Å². The lowest BCUT2D eigenvalue weighted by molar-refractivity contribution is 0.575. The molecule has 1 aliphatic rings. The molecular weight excluding hydrogens is 398 g/mol. The Bertz CT molecular complexity index is 1410. The van der Waals surface area contributed by atoms with Crippen LogP contribution in [0.25, 0.3) is 40.0 Å². The van der Waals surface area contributed by atoms with E-state index in [0.29, 0.717) is 0 Å². The molecule has 1 saturated heterocycles. The predicted octanol–water partition coefficient (Wildman–Crippen LogP) is 3.28. The van der Waals surface area contributed by atoms with Gasteiger partial charge in [0.25, 0.3) is 0 Å². The van der Waals surface area contributed by atoms with Crippen molar-refractivity contribution in [3.63, 3.8) is 0 Å². The summed E-state index contributed by atoms with van der Waals surface area (Å²) in [7, 11) is 2.01. The maximum atomic E-state index is 4.72. The number of hydrogen-bond acceptors (Lipinski definition) is 4. The van der Waals surface area contributed by atoms with Crippen LogP contribution in [-0.2, 0) is 7.05 Å². The maximum absolute atomic E-state index is 4.72. The lowest BCUT2D eigenvalue weighted by atomic mass is 10.1.